The van der Waals surface area contributed by atoms with Crippen LogP contribution in [0.2, 0.25) is 5.02 Å². The lowest BCUT2D eigenvalue weighted by atomic mass is 10.1. The van der Waals surface area contributed by atoms with Gasteiger partial charge in [0, 0.05) is 31.7 Å². The number of hydrogen-bond acceptors (Lipinski definition) is 4. The molecular weight excluding hydrogens is 352 g/mol. The van der Waals surface area contributed by atoms with E-state index in [9.17, 15) is 4.79 Å². The van der Waals surface area contributed by atoms with Gasteiger partial charge in [-0.25, -0.2) is 0 Å². The van der Waals surface area contributed by atoms with Gasteiger partial charge in [0.05, 0.1) is 25.3 Å². The average Bonchev–Trinajstić information content (AvgIpc) is 2.68. The van der Waals surface area contributed by atoms with Gasteiger partial charge in [0.25, 0.3) is 5.91 Å². The summed E-state index contributed by atoms with van der Waals surface area (Å²) in [5, 5.41) is 3.40. The molecule has 26 heavy (non-hydrogen) atoms. The molecule has 0 unspecified atom stereocenters. The first kappa shape index (κ1) is 18.7. The van der Waals surface area contributed by atoms with E-state index in [2.05, 4.69) is 22.3 Å². The third-order valence-corrected chi connectivity index (χ3v) is 4.76. The largest absolute Gasteiger partial charge is 0.495 e. The quantitative estimate of drug-likeness (QED) is 0.844. The lowest BCUT2D eigenvalue weighted by Gasteiger charge is -2.27. The molecule has 0 aliphatic carbocycles. The molecular formula is C20H23ClN2O3. The number of morpholine rings is 1. The normalized spacial score (nSPS) is 14.8. The lowest BCUT2D eigenvalue weighted by molar-refractivity contribution is 0.0340. The minimum atomic E-state index is -0.157. The van der Waals surface area contributed by atoms with Gasteiger partial charge in [-0.3, -0.25) is 9.69 Å². The fourth-order valence-electron chi connectivity index (χ4n) is 2.97. The molecule has 1 N–H and O–H groups in total. The fraction of sp³-hybridized carbons (Fsp3) is 0.350. The Morgan fingerprint density at radius 2 is 1.92 bits per heavy atom. The highest BCUT2D eigenvalue weighted by Crippen LogP contribution is 2.25. The monoisotopic (exact) mass is 374 g/mol. The zero-order chi connectivity index (χ0) is 18.4. The Bertz CT molecular complexity index is 760. The van der Waals surface area contributed by atoms with Crippen LogP contribution in [0.25, 0.3) is 0 Å². The number of carbonyl (C=O) groups is 1. The van der Waals surface area contributed by atoms with Gasteiger partial charge in [-0.2, -0.15) is 0 Å². The van der Waals surface area contributed by atoms with Crippen LogP contribution >= 0.6 is 11.6 Å². The molecule has 1 aliphatic rings. The van der Waals surface area contributed by atoms with Crippen molar-refractivity contribution in [2.24, 2.45) is 0 Å². The highest BCUT2D eigenvalue weighted by molar-refractivity contribution is 6.32. The second kappa shape index (κ2) is 9.03. The molecule has 0 spiro atoms. The predicted octanol–water partition coefficient (Wildman–Crippen LogP) is 3.11. The standard InChI is InChI=1S/C20H23ClN2O3/c1-25-19-7-6-15(12-18(19)21)20(24)22-13-16-4-2-3-5-17(16)14-23-8-10-26-11-9-23/h2-7,12H,8-11,13-14H2,1H3,(H,22,24). The Balaban J connectivity index is 1.63. The van der Waals surface area contributed by atoms with E-state index in [1.807, 2.05) is 12.1 Å². The molecule has 1 heterocycles. The van der Waals surface area contributed by atoms with Crippen LogP contribution in [0.4, 0.5) is 0 Å². The molecule has 0 radical (unpaired) electrons. The van der Waals surface area contributed by atoms with Crippen LogP contribution in [0, 0.1) is 0 Å². The van der Waals surface area contributed by atoms with Crippen LogP contribution in [0.1, 0.15) is 21.5 Å². The van der Waals surface area contributed by atoms with Crippen molar-refractivity contribution < 1.29 is 14.3 Å². The minimum absolute atomic E-state index is 0.157. The summed E-state index contributed by atoms with van der Waals surface area (Å²) in [5.41, 5.74) is 2.86. The summed E-state index contributed by atoms with van der Waals surface area (Å²) < 4.78 is 10.5. The van der Waals surface area contributed by atoms with E-state index < -0.39 is 0 Å². The molecule has 1 aliphatic heterocycles. The zero-order valence-electron chi connectivity index (χ0n) is 14.8. The van der Waals surface area contributed by atoms with Crippen molar-refractivity contribution in [2.75, 3.05) is 33.4 Å². The summed E-state index contributed by atoms with van der Waals surface area (Å²) in [4.78, 5) is 14.8. The molecule has 0 saturated carbocycles. The summed E-state index contributed by atoms with van der Waals surface area (Å²) in [5.74, 6) is 0.398. The van der Waals surface area contributed by atoms with E-state index >= 15 is 0 Å². The molecule has 1 fully saturated rings. The lowest BCUT2D eigenvalue weighted by Crippen LogP contribution is -2.36. The molecule has 138 valence electrons. The number of methoxy groups -OCH3 is 1. The SMILES string of the molecule is COc1ccc(C(=O)NCc2ccccc2CN2CCOCC2)cc1Cl. The molecule has 3 rings (SSSR count). The van der Waals surface area contributed by atoms with Crippen LogP contribution in [-0.4, -0.2) is 44.2 Å². The van der Waals surface area contributed by atoms with Crippen LogP contribution < -0.4 is 10.1 Å². The summed E-state index contributed by atoms with van der Waals surface area (Å²) in [7, 11) is 1.55. The molecule has 6 heteroatoms. The van der Waals surface area contributed by atoms with Gasteiger partial charge in [-0.05, 0) is 29.3 Å². The molecule has 1 amide bonds. The Kier molecular flexibility index (Phi) is 6.50. The van der Waals surface area contributed by atoms with E-state index in [-0.39, 0.29) is 5.91 Å². The van der Waals surface area contributed by atoms with Crippen molar-refractivity contribution in [3.8, 4) is 5.75 Å². The number of rotatable bonds is 6. The van der Waals surface area contributed by atoms with E-state index in [4.69, 9.17) is 21.1 Å². The molecule has 2 aromatic rings. The maximum Gasteiger partial charge on any atom is 0.251 e. The number of benzene rings is 2. The summed E-state index contributed by atoms with van der Waals surface area (Å²) in [6, 6.07) is 13.2. The van der Waals surface area contributed by atoms with Gasteiger partial charge in [-0.15, -0.1) is 0 Å². The predicted molar refractivity (Wildman–Crippen MR) is 102 cm³/mol. The number of ether oxygens (including phenoxy) is 2. The van der Waals surface area contributed by atoms with E-state index in [1.54, 1.807) is 25.3 Å². The first-order valence-corrected chi connectivity index (χ1v) is 9.04. The molecule has 5 nitrogen and oxygen atoms in total. The van der Waals surface area contributed by atoms with Gasteiger partial charge >= 0.3 is 0 Å². The number of halogens is 1. The number of nitrogens with one attached hydrogen (secondary N) is 1. The Morgan fingerprint density at radius 1 is 1.19 bits per heavy atom. The number of hydrogen-bond donors (Lipinski definition) is 1. The van der Waals surface area contributed by atoms with Gasteiger partial charge in [-0.1, -0.05) is 35.9 Å². The Labute approximate surface area is 158 Å². The van der Waals surface area contributed by atoms with Crippen molar-refractivity contribution in [2.45, 2.75) is 13.1 Å². The molecule has 0 atom stereocenters. The highest BCUT2D eigenvalue weighted by atomic mass is 35.5. The van der Waals surface area contributed by atoms with Crippen molar-refractivity contribution in [3.63, 3.8) is 0 Å². The topological polar surface area (TPSA) is 50.8 Å². The first-order valence-electron chi connectivity index (χ1n) is 8.66. The van der Waals surface area contributed by atoms with E-state index in [0.29, 0.717) is 22.9 Å². The third kappa shape index (κ3) is 4.75. The highest BCUT2D eigenvalue weighted by Gasteiger charge is 2.14. The molecule has 0 aromatic heterocycles. The minimum Gasteiger partial charge on any atom is -0.495 e. The summed E-state index contributed by atoms with van der Waals surface area (Å²) in [6.07, 6.45) is 0. The van der Waals surface area contributed by atoms with Crippen LogP contribution in [0.5, 0.6) is 5.75 Å². The Hall–Kier alpha value is -2.08. The van der Waals surface area contributed by atoms with Crippen molar-refractivity contribution >= 4 is 17.5 Å². The van der Waals surface area contributed by atoms with Crippen LogP contribution in [0.3, 0.4) is 0 Å². The summed E-state index contributed by atoms with van der Waals surface area (Å²) in [6.45, 7) is 4.76. The molecule has 0 bridgehead atoms. The first-order chi connectivity index (χ1) is 12.7. The van der Waals surface area contributed by atoms with Crippen LogP contribution in [0.15, 0.2) is 42.5 Å². The number of nitrogens with zero attached hydrogens (tertiary/aromatic N) is 1. The fourth-order valence-corrected chi connectivity index (χ4v) is 3.23. The van der Waals surface area contributed by atoms with Crippen molar-refractivity contribution in [3.05, 3.63) is 64.2 Å². The average molecular weight is 375 g/mol. The summed E-state index contributed by atoms with van der Waals surface area (Å²) >= 11 is 6.10. The van der Waals surface area contributed by atoms with E-state index in [0.717, 1.165) is 38.4 Å². The second-order valence-electron chi connectivity index (χ2n) is 6.19. The number of amides is 1. The van der Waals surface area contributed by atoms with Crippen molar-refractivity contribution in [1.82, 2.24) is 10.2 Å². The van der Waals surface area contributed by atoms with E-state index in [1.165, 1.54) is 5.56 Å². The van der Waals surface area contributed by atoms with Crippen LogP contribution in [-0.2, 0) is 17.8 Å². The number of carbonyl (C=O) groups excluding carboxylic acids is 1. The Morgan fingerprint density at radius 3 is 2.62 bits per heavy atom. The second-order valence-corrected chi connectivity index (χ2v) is 6.60. The molecule has 1 saturated heterocycles. The maximum absolute atomic E-state index is 12.4. The molecule has 2 aromatic carbocycles. The smallest absolute Gasteiger partial charge is 0.251 e. The maximum atomic E-state index is 12.4. The van der Waals surface area contributed by atoms with Crippen molar-refractivity contribution in [1.29, 1.82) is 0 Å². The van der Waals surface area contributed by atoms with Gasteiger partial charge in [0.15, 0.2) is 0 Å². The van der Waals surface area contributed by atoms with Gasteiger partial charge in [0.1, 0.15) is 5.75 Å². The van der Waals surface area contributed by atoms with Gasteiger partial charge in [0.2, 0.25) is 0 Å². The third-order valence-electron chi connectivity index (χ3n) is 4.47. The van der Waals surface area contributed by atoms with Gasteiger partial charge < -0.3 is 14.8 Å². The zero-order valence-corrected chi connectivity index (χ0v) is 15.6.